The molecule has 30 heavy (non-hydrogen) atoms. The quantitative estimate of drug-likeness (QED) is 0.651. The lowest BCUT2D eigenvalue weighted by atomic mass is 9.99. The van der Waals surface area contributed by atoms with Gasteiger partial charge in [0, 0.05) is 17.1 Å². The third-order valence-corrected chi connectivity index (χ3v) is 4.69. The Morgan fingerprint density at radius 2 is 1.80 bits per heavy atom. The lowest BCUT2D eigenvalue weighted by Gasteiger charge is -2.13. The molecule has 0 bridgehead atoms. The molecule has 0 aliphatic rings. The van der Waals surface area contributed by atoms with Crippen LogP contribution in [0.25, 0.3) is 22.0 Å². The highest BCUT2D eigenvalue weighted by Gasteiger charge is 2.30. The molecule has 3 aromatic rings. The first-order chi connectivity index (χ1) is 14.0. The molecule has 1 heterocycles. The summed E-state index contributed by atoms with van der Waals surface area (Å²) in [6.45, 7) is 2.12. The van der Waals surface area contributed by atoms with E-state index in [0.29, 0.717) is 34.4 Å². The van der Waals surface area contributed by atoms with E-state index >= 15 is 0 Å². The van der Waals surface area contributed by atoms with Gasteiger partial charge in [-0.1, -0.05) is 12.1 Å². The van der Waals surface area contributed by atoms with E-state index < -0.39 is 27.7 Å². The highest BCUT2D eigenvalue weighted by atomic mass is 32.2. The predicted octanol–water partition coefficient (Wildman–Crippen LogP) is 4.01. The van der Waals surface area contributed by atoms with E-state index in [2.05, 4.69) is 4.98 Å². The maximum Gasteiger partial charge on any atom is 0.416 e. The molecule has 158 valence electrons. The molecule has 0 radical (unpaired) electrons. The van der Waals surface area contributed by atoms with Gasteiger partial charge in [-0.2, -0.15) is 13.2 Å². The predicted molar refractivity (Wildman–Crippen MR) is 106 cm³/mol. The number of pyridine rings is 1. The fraction of sp³-hybridized carbons (Fsp3) is 0.200. The summed E-state index contributed by atoms with van der Waals surface area (Å²) < 4.78 is 68.6. The second kappa shape index (κ2) is 7.94. The molecule has 0 saturated carbocycles. The first-order valence-corrected chi connectivity index (χ1v) is 10.6. The lowest BCUT2D eigenvalue weighted by Crippen LogP contribution is -2.29. The van der Waals surface area contributed by atoms with Gasteiger partial charge in [0.1, 0.15) is 5.75 Å². The zero-order chi connectivity index (χ0) is 22.1. The van der Waals surface area contributed by atoms with E-state index in [-0.39, 0.29) is 5.56 Å². The number of carbonyl (C=O) groups excluding carboxylic acids is 1. The largest absolute Gasteiger partial charge is 0.494 e. The van der Waals surface area contributed by atoms with Crippen molar-refractivity contribution in [2.45, 2.75) is 13.1 Å². The minimum atomic E-state index is -4.45. The molecule has 1 N–H and O–H groups in total. The Labute approximate surface area is 170 Å². The molecular formula is C20H17F3N2O4S. The Bertz CT molecular complexity index is 1210. The van der Waals surface area contributed by atoms with Gasteiger partial charge in [-0.15, -0.1) is 0 Å². The van der Waals surface area contributed by atoms with E-state index in [0.717, 1.165) is 18.4 Å². The number of benzene rings is 2. The Morgan fingerprint density at radius 1 is 1.13 bits per heavy atom. The molecule has 0 aliphatic carbocycles. The number of halogens is 3. The Balaban J connectivity index is 2.13. The van der Waals surface area contributed by atoms with E-state index in [9.17, 15) is 26.4 Å². The van der Waals surface area contributed by atoms with Gasteiger partial charge < -0.3 is 4.74 Å². The van der Waals surface area contributed by atoms with Crippen LogP contribution in [0.5, 0.6) is 5.75 Å². The third kappa shape index (κ3) is 4.88. The van der Waals surface area contributed by atoms with Crippen molar-refractivity contribution >= 4 is 26.8 Å². The van der Waals surface area contributed by atoms with Crippen molar-refractivity contribution in [2.24, 2.45) is 0 Å². The molecule has 2 aromatic carbocycles. The number of amides is 1. The van der Waals surface area contributed by atoms with Gasteiger partial charge in [-0.05, 0) is 42.8 Å². The van der Waals surface area contributed by atoms with Crippen LogP contribution in [-0.4, -0.2) is 32.2 Å². The molecule has 10 heteroatoms. The zero-order valence-electron chi connectivity index (χ0n) is 15.9. The monoisotopic (exact) mass is 438 g/mol. The fourth-order valence-electron chi connectivity index (χ4n) is 2.88. The van der Waals surface area contributed by atoms with E-state index in [1.54, 1.807) is 19.1 Å². The molecule has 1 amide bonds. The normalized spacial score (nSPS) is 12.0. The van der Waals surface area contributed by atoms with Crippen LogP contribution in [0.1, 0.15) is 22.8 Å². The van der Waals surface area contributed by atoms with Gasteiger partial charge >= 0.3 is 6.18 Å². The van der Waals surface area contributed by atoms with E-state index in [1.165, 1.54) is 24.4 Å². The van der Waals surface area contributed by atoms with Gasteiger partial charge in [0.25, 0.3) is 5.91 Å². The highest BCUT2D eigenvalue weighted by molar-refractivity contribution is 7.89. The van der Waals surface area contributed by atoms with Gasteiger partial charge in [-0.25, -0.2) is 13.1 Å². The number of rotatable bonds is 5. The van der Waals surface area contributed by atoms with E-state index in [1.807, 2.05) is 4.72 Å². The maximum absolute atomic E-state index is 12.9. The Kier molecular flexibility index (Phi) is 5.71. The van der Waals surface area contributed by atoms with Gasteiger partial charge in [0.05, 0.1) is 29.5 Å². The first kappa shape index (κ1) is 21.6. The molecular weight excluding hydrogens is 421 g/mol. The lowest BCUT2D eigenvalue weighted by molar-refractivity contribution is -0.137. The standard InChI is InChI=1S/C20H17F3N2O4S/c1-3-29-16-9-13-8-14(19(26)25-30(2,27)28)11-24-18(13)17(10-16)12-4-6-15(7-5-12)20(21,22)23/h4-11H,3H2,1-2H3,(H,25,26). The second-order valence-corrected chi connectivity index (χ2v) is 8.23. The number of alkyl halides is 3. The van der Waals surface area contributed by atoms with Crippen molar-refractivity contribution in [3.05, 3.63) is 59.8 Å². The number of sulfonamides is 1. The number of carbonyl (C=O) groups is 1. The van der Waals surface area contributed by atoms with Crippen LogP contribution in [0.2, 0.25) is 0 Å². The SMILES string of the molecule is CCOc1cc(-c2ccc(C(F)(F)F)cc2)c2ncc(C(=O)NS(C)(=O)=O)cc2c1. The number of fused-ring (bicyclic) bond motifs is 1. The Morgan fingerprint density at radius 3 is 2.37 bits per heavy atom. The fourth-order valence-corrected chi connectivity index (χ4v) is 3.34. The van der Waals surface area contributed by atoms with Crippen molar-refractivity contribution in [2.75, 3.05) is 12.9 Å². The number of aromatic nitrogens is 1. The third-order valence-electron chi connectivity index (χ3n) is 4.13. The number of nitrogens with one attached hydrogen (secondary N) is 1. The van der Waals surface area contributed by atoms with Crippen molar-refractivity contribution < 1.29 is 31.1 Å². The topological polar surface area (TPSA) is 85.4 Å². The molecule has 0 aliphatic heterocycles. The van der Waals surface area contributed by atoms with E-state index in [4.69, 9.17) is 4.74 Å². The molecule has 0 spiro atoms. The zero-order valence-corrected chi connectivity index (χ0v) is 16.8. The van der Waals surface area contributed by atoms with Gasteiger partial charge in [0.15, 0.2) is 0 Å². The minimum absolute atomic E-state index is 0.0138. The summed E-state index contributed by atoms with van der Waals surface area (Å²) in [5.41, 5.74) is 0.661. The highest BCUT2D eigenvalue weighted by Crippen LogP contribution is 2.35. The van der Waals surface area contributed by atoms with Crippen LogP contribution in [0.4, 0.5) is 13.2 Å². The summed E-state index contributed by atoms with van der Waals surface area (Å²) in [4.78, 5) is 16.4. The Hall–Kier alpha value is -3.14. The second-order valence-electron chi connectivity index (χ2n) is 6.48. The van der Waals surface area contributed by atoms with Crippen molar-refractivity contribution in [3.8, 4) is 16.9 Å². The number of nitrogens with zero attached hydrogens (tertiary/aromatic N) is 1. The molecule has 0 atom stereocenters. The van der Waals surface area contributed by atoms with Gasteiger partial charge in [-0.3, -0.25) is 9.78 Å². The molecule has 0 unspecified atom stereocenters. The van der Waals surface area contributed by atoms with Crippen molar-refractivity contribution in [3.63, 3.8) is 0 Å². The molecule has 0 fully saturated rings. The van der Waals surface area contributed by atoms with Crippen molar-refractivity contribution in [1.82, 2.24) is 9.71 Å². The summed E-state index contributed by atoms with van der Waals surface area (Å²) in [5.74, 6) is -0.410. The molecule has 6 nitrogen and oxygen atoms in total. The molecule has 3 rings (SSSR count). The van der Waals surface area contributed by atoms with Crippen LogP contribution in [-0.2, 0) is 16.2 Å². The summed E-state index contributed by atoms with van der Waals surface area (Å²) in [7, 11) is -3.75. The van der Waals surface area contributed by atoms with Gasteiger partial charge in [0.2, 0.25) is 10.0 Å². The summed E-state index contributed by atoms with van der Waals surface area (Å²) in [5, 5.41) is 0.469. The van der Waals surface area contributed by atoms with Crippen LogP contribution >= 0.6 is 0 Å². The van der Waals surface area contributed by atoms with Crippen LogP contribution in [0.3, 0.4) is 0 Å². The average Bonchev–Trinajstić information content (AvgIpc) is 2.65. The minimum Gasteiger partial charge on any atom is -0.494 e. The maximum atomic E-state index is 12.9. The molecule has 1 aromatic heterocycles. The summed E-state index contributed by atoms with van der Waals surface area (Å²) in [6.07, 6.45) is -2.39. The van der Waals surface area contributed by atoms with Crippen LogP contribution in [0.15, 0.2) is 48.7 Å². The number of hydrogen-bond acceptors (Lipinski definition) is 5. The first-order valence-electron chi connectivity index (χ1n) is 8.74. The average molecular weight is 438 g/mol. The molecule has 0 saturated heterocycles. The summed E-state index contributed by atoms with van der Waals surface area (Å²) in [6, 6.07) is 9.33. The summed E-state index contributed by atoms with van der Waals surface area (Å²) >= 11 is 0. The van der Waals surface area contributed by atoms with Crippen molar-refractivity contribution in [1.29, 1.82) is 0 Å². The number of hydrogen-bond donors (Lipinski definition) is 1. The number of ether oxygens (including phenoxy) is 1. The van der Waals surface area contributed by atoms with Crippen LogP contribution in [0, 0.1) is 0 Å². The van der Waals surface area contributed by atoms with Crippen LogP contribution < -0.4 is 9.46 Å². The smallest absolute Gasteiger partial charge is 0.416 e.